The van der Waals surface area contributed by atoms with E-state index in [0.717, 1.165) is 38.4 Å². The number of rotatable bonds is 3. The van der Waals surface area contributed by atoms with E-state index >= 15 is 0 Å². The van der Waals surface area contributed by atoms with E-state index in [4.69, 9.17) is 9.47 Å². The summed E-state index contributed by atoms with van der Waals surface area (Å²) in [5.41, 5.74) is 0.950. The molecule has 1 spiro atoms. The van der Waals surface area contributed by atoms with Crippen LogP contribution < -0.4 is 4.90 Å². The molecule has 2 fully saturated rings. The van der Waals surface area contributed by atoms with Crippen LogP contribution in [0.5, 0.6) is 0 Å². The van der Waals surface area contributed by atoms with Crippen LogP contribution in [-0.4, -0.2) is 52.5 Å². The van der Waals surface area contributed by atoms with Gasteiger partial charge < -0.3 is 14.4 Å². The SMILES string of the molecule is CCOC(=O)c1cnn2ccc(N3CCOC4(CCC4)C3)nc12. The van der Waals surface area contributed by atoms with Gasteiger partial charge in [0, 0.05) is 19.3 Å². The van der Waals surface area contributed by atoms with Gasteiger partial charge in [-0.1, -0.05) is 0 Å². The van der Waals surface area contributed by atoms with E-state index in [-0.39, 0.29) is 11.6 Å². The molecule has 2 aromatic heterocycles. The monoisotopic (exact) mass is 316 g/mol. The van der Waals surface area contributed by atoms with Crippen molar-refractivity contribution in [3.8, 4) is 0 Å². The van der Waals surface area contributed by atoms with Crippen molar-refractivity contribution in [2.45, 2.75) is 31.8 Å². The number of carbonyl (C=O) groups is 1. The summed E-state index contributed by atoms with van der Waals surface area (Å²) in [6.07, 6.45) is 6.81. The third-order valence-corrected chi connectivity index (χ3v) is 4.69. The number of nitrogens with zero attached hydrogens (tertiary/aromatic N) is 4. The van der Waals surface area contributed by atoms with Gasteiger partial charge in [-0.2, -0.15) is 5.10 Å². The fraction of sp³-hybridized carbons (Fsp3) is 0.562. The summed E-state index contributed by atoms with van der Waals surface area (Å²) in [6, 6.07) is 1.94. The largest absolute Gasteiger partial charge is 0.462 e. The standard InChI is InChI=1S/C16H20N4O3/c1-2-22-15(21)12-10-17-20-7-4-13(18-14(12)20)19-8-9-23-16(11-19)5-3-6-16/h4,7,10H,2-3,5-6,8-9,11H2,1H3. The van der Waals surface area contributed by atoms with Gasteiger partial charge >= 0.3 is 5.97 Å². The molecule has 0 unspecified atom stereocenters. The first-order valence-corrected chi connectivity index (χ1v) is 8.11. The lowest BCUT2D eigenvalue weighted by Crippen LogP contribution is -2.56. The van der Waals surface area contributed by atoms with E-state index in [1.54, 1.807) is 11.4 Å². The molecule has 2 aliphatic rings. The van der Waals surface area contributed by atoms with E-state index in [2.05, 4.69) is 15.0 Å². The Hall–Kier alpha value is -2.15. The average molecular weight is 316 g/mol. The zero-order valence-corrected chi connectivity index (χ0v) is 13.2. The number of carbonyl (C=O) groups excluding carboxylic acids is 1. The Labute approximate surface area is 134 Å². The summed E-state index contributed by atoms with van der Waals surface area (Å²) in [4.78, 5) is 18.9. The van der Waals surface area contributed by atoms with Crippen LogP contribution in [0.3, 0.4) is 0 Å². The highest BCUT2D eigenvalue weighted by molar-refractivity contribution is 5.95. The van der Waals surface area contributed by atoms with Gasteiger partial charge in [0.15, 0.2) is 5.65 Å². The lowest BCUT2D eigenvalue weighted by atomic mass is 9.79. The summed E-state index contributed by atoms with van der Waals surface area (Å²) < 4.78 is 12.6. The fourth-order valence-electron chi connectivity index (χ4n) is 3.30. The number of aromatic nitrogens is 3. The van der Waals surface area contributed by atoms with Crippen LogP contribution in [0, 0.1) is 0 Å². The molecule has 0 atom stereocenters. The molecule has 7 heteroatoms. The van der Waals surface area contributed by atoms with E-state index in [9.17, 15) is 4.79 Å². The Bertz CT molecular complexity index is 738. The van der Waals surface area contributed by atoms with Crippen molar-refractivity contribution in [1.29, 1.82) is 0 Å². The molecule has 2 aromatic rings. The smallest absolute Gasteiger partial charge is 0.343 e. The maximum atomic E-state index is 12.0. The second-order valence-electron chi connectivity index (χ2n) is 6.14. The van der Waals surface area contributed by atoms with Crippen molar-refractivity contribution in [3.05, 3.63) is 24.0 Å². The van der Waals surface area contributed by atoms with Crippen molar-refractivity contribution in [2.75, 3.05) is 31.2 Å². The molecule has 0 N–H and O–H groups in total. The Morgan fingerprint density at radius 2 is 2.35 bits per heavy atom. The molecule has 23 heavy (non-hydrogen) atoms. The predicted molar refractivity (Wildman–Crippen MR) is 83.7 cm³/mol. The summed E-state index contributed by atoms with van der Waals surface area (Å²) in [7, 11) is 0. The van der Waals surface area contributed by atoms with Crippen LogP contribution in [-0.2, 0) is 9.47 Å². The lowest BCUT2D eigenvalue weighted by Gasteiger charge is -2.48. The molecule has 0 bridgehead atoms. The number of fused-ring (bicyclic) bond motifs is 1. The summed E-state index contributed by atoms with van der Waals surface area (Å²) in [5, 5.41) is 4.17. The molecule has 3 heterocycles. The number of esters is 1. The zero-order valence-electron chi connectivity index (χ0n) is 13.2. The van der Waals surface area contributed by atoms with Gasteiger partial charge in [0.1, 0.15) is 11.4 Å². The Balaban J connectivity index is 1.65. The van der Waals surface area contributed by atoms with Crippen molar-refractivity contribution in [2.24, 2.45) is 0 Å². The molecule has 0 aromatic carbocycles. The molecule has 1 aliphatic heterocycles. The van der Waals surface area contributed by atoms with Crippen molar-refractivity contribution in [3.63, 3.8) is 0 Å². The molecular weight excluding hydrogens is 296 g/mol. The maximum absolute atomic E-state index is 12.0. The molecule has 4 rings (SSSR count). The predicted octanol–water partition coefficient (Wildman–Crippen LogP) is 1.67. The number of morpholine rings is 1. The first kappa shape index (κ1) is 14.4. The number of ether oxygens (including phenoxy) is 2. The van der Waals surface area contributed by atoms with Gasteiger partial charge in [0.2, 0.25) is 0 Å². The molecule has 1 saturated carbocycles. The van der Waals surface area contributed by atoms with E-state index in [1.807, 2.05) is 12.3 Å². The van der Waals surface area contributed by atoms with Crippen molar-refractivity contribution < 1.29 is 14.3 Å². The number of hydrogen-bond acceptors (Lipinski definition) is 6. The van der Waals surface area contributed by atoms with Crippen LogP contribution in [0.15, 0.2) is 18.5 Å². The van der Waals surface area contributed by atoms with Gasteiger partial charge in [-0.25, -0.2) is 14.3 Å². The van der Waals surface area contributed by atoms with Crippen LogP contribution >= 0.6 is 0 Å². The van der Waals surface area contributed by atoms with Crippen LogP contribution in [0.25, 0.3) is 5.65 Å². The second-order valence-corrected chi connectivity index (χ2v) is 6.14. The van der Waals surface area contributed by atoms with Crippen molar-refractivity contribution in [1.82, 2.24) is 14.6 Å². The third-order valence-electron chi connectivity index (χ3n) is 4.69. The first-order chi connectivity index (χ1) is 11.2. The van der Waals surface area contributed by atoms with Gasteiger partial charge in [-0.3, -0.25) is 0 Å². The Kier molecular flexibility index (Phi) is 3.45. The Morgan fingerprint density at radius 3 is 3.09 bits per heavy atom. The molecular formula is C16H20N4O3. The van der Waals surface area contributed by atoms with E-state index in [0.29, 0.717) is 17.8 Å². The van der Waals surface area contributed by atoms with Gasteiger partial charge in [0.25, 0.3) is 0 Å². The number of anilines is 1. The first-order valence-electron chi connectivity index (χ1n) is 8.11. The highest BCUT2D eigenvalue weighted by Gasteiger charge is 2.42. The van der Waals surface area contributed by atoms with Crippen LogP contribution in [0.1, 0.15) is 36.5 Å². The van der Waals surface area contributed by atoms with Gasteiger partial charge in [0.05, 0.1) is 25.0 Å². The molecule has 7 nitrogen and oxygen atoms in total. The average Bonchev–Trinajstić information content (AvgIpc) is 2.97. The van der Waals surface area contributed by atoms with E-state index in [1.165, 1.54) is 12.6 Å². The van der Waals surface area contributed by atoms with Gasteiger partial charge in [-0.15, -0.1) is 0 Å². The van der Waals surface area contributed by atoms with Crippen LogP contribution in [0.2, 0.25) is 0 Å². The van der Waals surface area contributed by atoms with Crippen LogP contribution in [0.4, 0.5) is 5.82 Å². The maximum Gasteiger partial charge on any atom is 0.343 e. The topological polar surface area (TPSA) is 69.0 Å². The highest BCUT2D eigenvalue weighted by Crippen LogP contribution is 2.39. The van der Waals surface area contributed by atoms with E-state index < -0.39 is 0 Å². The minimum atomic E-state index is -0.385. The summed E-state index contributed by atoms with van der Waals surface area (Å²) >= 11 is 0. The molecule has 0 amide bonds. The Morgan fingerprint density at radius 1 is 1.48 bits per heavy atom. The molecule has 1 saturated heterocycles. The third kappa shape index (κ3) is 2.45. The summed E-state index contributed by atoms with van der Waals surface area (Å²) in [5.74, 6) is 0.475. The number of hydrogen-bond donors (Lipinski definition) is 0. The lowest BCUT2D eigenvalue weighted by molar-refractivity contribution is -0.106. The van der Waals surface area contributed by atoms with Crippen molar-refractivity contribution >= 4 is 17.4 Å². The fourth-order valence-corrected chi connectivity index (χ4v) is 3.30. The normalized spacial score (nSPS) is 19.8. The molecule has 0 radical (unpaired) electrons. The quantitative estimate of drug-likeness (QED) is 0.802. The highest BCUT2D eigenvalue weighted by atomic mass is 16.5. The minimum Gasteiger partial charge on any atom is -0.462 e. The molecule has 122 valence electrons. The molecule has 1 aliphatic carbocycles. The van der Waals surface area contributed by atoms with Gasteiger partial charge in [-0.05, 0) is 32.3 Å². The zero-order chi connectivity index (χ0) is 15.9. The second kappa shape index (κ2) is 5.49. The minimum absolute atomic E-state index is 0.0102. The summed E-state index contributed by atoms with van der Waals surface area (Å²) in [6.45, 7) is 4.51.